The number of nitrogens with one attached hydrogen (secondary N) is 1. The molecule has 108 valence electrons. The molecule has 0 aliphatic heterocycles. The molecule has 1 unspecified atom stereocenters. The Morgan fingerprint density at radius 1 is 1.58 bits per heavy atom. The number of carbonyl (C=O) groups is 1. The maximum atomic E-state index is 11.8. The second kappa shape index (κ2) is 8.08. The van der Waals surface area contributed by atoms with Crippen molar-refractivity contribution >= 4 is 34.7 Å². The van der Waals surface area contributed by atoms with Gasteiger partial charge in [-0.2, -0.15) is 0 Å². The zero-order chi connectivity index (χ0) is 13.7. The normalized spacial score (nSPS) is 11.8. The van der Waals surface area contributed by atoms with Crippen molar-refractivity contribution in [2.75, 3.05) is 6.54 Å². The van der Waals surface area contributed by atoms with Crippen LogP contribution in [-0.2, 0) is 0 Å². The first-order valence-electron chi connectivity index (χ1n) is 5.68. The van der Waals surface area contributed by atoms with Gasteiger partial charge >= 0.3 is 5.00 Å². The Balaban J connectivity index is 0.00000324. The summed E-state index contributed by atoms with van der Waals surface area (Å²) in [5.41, 5.74) is 5.89. The molecule has 1 rings (SSSR count). The lowest BCUT2D eigenvalue weighted by Crippen LogP contribution is -2.40. The second-order valence-corrected chi connectivity index (χ2v) is 5.36. The van der Waals surface area contributed by atoms with Gasteiger partial charge < -0.3 is 11.1 Å². The Morgan fingerprint density at radius 3 is 2.63 bits per heavy atom. The van der Waals surface area contributed by atoms with Gasteiger partial charge in [0.15, 0.2) is 0 Å². The molecule has 0 bridgehead atoms. The molecule has 0 aliphatic rings. The highest BCUT2D eigenvalue weighted by Gasteiger charge is 2.18. The first-order chi connectivity index (χ1) is 8.43. The number of nitrogens with two attached hydrogens (primary N) is 1. The number of hydrogen-bond donors (Lipinski definition) is 2. The van der Waals surface area contributed by atoms with Crippen LogP contribution in [0, 0.1) is 16.0 Å². The molecule has 3 N–H and O–H groups in total. The lowest BCUT2D eigenvalue weighted by atomic mass is 10.0. The Kier molecular flexibility index (Phi) is 7.58. The maximum absolute atomic E-state index is 11.8. The highest BCUT2D eigenvalue weighted by atomic mass is 35.5. The minimum atomic E-state index is -0.504. The van der Waals surface area contributed by atoms with Crippen molar-refractivity contribution < 1.29 is 9.72 Å². The van der Waals surface area contributed by atoms with E-state index in [0.717, 1.165) is 17.8 Å². The van der Waals surface area contributed by atoms with Crippen molar-refractivity contribution in [3.8, 4) is 0 Å². The van der Waals surface area contributed by atoms with Crippen molar-refractivity contribution in [3.63, 3.8) is 0 Å². The van der Waals surface area contributed by atoms with Gasteiger partial charge in [-0.25, -0.2) is 0 Å². The van der Waals surface area contributed by atoms with E-state index < -0.39 is 4.92 Å². The van der Waals surface area contributed by atoms with E-state index in [1.54, 1.807) is 0 Å². The van der Waals surface area contributed by atoms with Crippen LogP contribution >= 0.6 is 23.7 Å². The van der Waals surface area contributed by atoms with Crippen LogP contribution in [0.1, 0.15) is 30.6 Å². The summed E-state index contributed by atoms with van der Waals surface area (Å²) in [5.74, 6) is 0.117. The highest BCUT2D eigenvalue weighted by molar-refractivity contribution is 7.13. The van der Waals surface area contributed by atoms with Crippen molar-refractivity contribution in [1.82, 2.24) is 5.32 Å². The average molecular weight is 308 g/mol. The standard InChI is InChI=1S/C11H17N3O3S.ClH/c1-7(2)3-9(5-12)13-11(15)8-4-10(14(16)17)18-6-8;/h4,6-7,9H,3,5,12H2,1-2H3,(H,13,15);1H. The largest absolute Gasteiger partial charge is 0.348 e. The summed E-state index contributed by atoms with van der Waals surface area (Å²) in [4.78, 5) is 21.9. The van der Waals surface area contributed by atoms with Gasteiger partial charge in [0.1, 0.15) is 0 Å². The van der Waals surface area contributed by atoms with E-state index in [-0.39, 0.29) is 29.4 Å². The van der Waals surface area contributed by atoms with Crippen LogP contribution in [0.25, 0.3) is 0 Å². The molecule has 1 aromatic rings. The molecule has 6 nitrogen and oxygen atoms in total. The lowest BCUT2D eigenvalue weighted by molar-refractivity contribution is -0.380. The molecule has 0 aromatic carbocycles. The third-order valence-electron chi connectivity index (χ3n) is 2.40. The predicted octanol–water partition coefficient (Wildman–Crippen LogP) is 2.18. The number of nitro groups is 1. The van der Waals surface area contributed by atoms with E-state index in [1.165, 1.54) is 11.4 Å². The zero-order valence-electron chi connectivity index (χ0n) is 10.8. The fraction of sp³-hybridized carbons (Fsp3) is 0.545. The molecule has 19 heavy (non-hydrogen) atoms. The van der Waals surface area contributed by atoms with Crippen molar-refractivity contribution in [1.29, 1.82) is 0 Å². The van der Waals surface area contributed by atoms with E-state index in [1.807, 2.05) is 13.8 Å². The third-order valence-corrected chi connectivity index (χ3v) is 3.28. The summed E-state index contributed by atoms with van der Waals surface area (Å²) in [6.07, 6.45) is 0.786. The quantitative estimate of drug-likeness (QED) is 0.621. The molecule has 0 spiro atoms. The first-order valence-corrected chi connectivity index (χ1v) is 6.55. The monoisotopic (exact) mass is 307 g/mol. The highest BCUT2D eigenvalue weighted by Crippen LogP contribution is 2.22. The SMILES string of the molecule is CC(C)CC(CN)NC(=O)c1csc([N+](=O)[O-])c1.Cl. The van der Waals surface area contributed by atoms with Gasteiger partial charge in [0.2, 0.25) is 0 Å². The Bertz CT molecular complexity index is 437. The fourth-order valence-corrected chi connectivity index (χ4v) is 2.30. The van der Waals surface area contributed by atoms with Crippen LogP contribution in [0.2, 0.25) is 0 Å². The molecule has 0 saturated carbocycles. The van der Waals surface area contributed by atoms with Crippen LogP contribution in [0.3, 0.4) is 0 Å². The van der Waals surface area contributed by atoms with Crippen molar-refractivity contribution in [3.05, 3.63) is 27.1 Å². The summed E-state index contributed by atoms with van der Waals surface area (Å²) >= 11 is 0.943. The smallest absolute Gasteiger partial charge is 0.324 e. The van der Waals surface area contributed by atoms with E-state index in [2.05, 4.69) is 5.32 Å². The summed E-state index contributed by atoms with van der Waals surface area (Å²) in [7, 11) is 0. The summed E-state index contributed by atoms with van der Waals surface area (Å²) in [6, 6.07) is 1.18. The number of thiophene rings is 1. The molecule has 8 heteroatoms. The summed E-state index contributed by atoms with van der Waals surface area (Å²) in [5, 5.41) is 14.8. The predicted molar refractivity (Wildman–Crippen MR) is 78.0 cm³/mol. The average Bonchev–Trinajstić information content (AvgIpc) is 2.76. The molecular weight excluding hydrogens is 290 g/mol. The number of rotatable bonds is 6. The number of nitrogens with zero attached hydrogens (tertiary/aromatic N) is 1. The minimum Gasteiger partial charge on any atom is -0.348 e. The van der Waals surface area contributed by atoms with Crippen LogP contribution in [0.5, 0.6) is 0 Å². The van der Waals surface area contributed by atoms with Gasteiger partial charge in [-0.3, -0.25) is 14.9 Å². The number of amides is 1. The van der Waals surface area contributed by atoms with E-state index in [4.69, 9.17) is 5.73 Å². The molecule has 1 aromatic heterocycles. The molecule has 0 aliphatic carbocycles. The lowest BCUT2D eigenvalue weighted by Gasteiger charge is -2.18. The van der Waals surface area contributed by atoms with Crippen LogP contribution < -0.4 is 11.1 Å². The van der Waals surface area contributed by atoms with Crippen LogP contribution in [0.4, 0.5) is 5.00 Å². The van der Waals surface area contributed by atoms with Crippen molar-refractivity contribution in [2.24, 2.45) is 11.7 Å². The first kappa shape index (κ1) is 17.8. The zero-order valence-corrected chi connectivity index (χ0v) is 12.4. The van der Waals surface area contributed by atoms with Gasteiger partial charge in [-0.15, -0.1) is 12.4 Å². The van der Waals surface area contributed by atoms with Gasteiger partial charge in [0.05, 0.1) is 10.5 Å². The molecule has 0 fully saturated rings. The molecule has 0 saturated heterocycles. The summed E-state index contributed by atoms with van der Waals surface area (Å²) in [6.45, 7) is 4.45. The van der Waals surface area contributed by atoms with E-state index in [9.17, 15) is 14.9 Å². The second-order valence-electron chi connectivity index (χ2n) is 4.47. The molecule has 1 amide bonds. The number of hydrogen-bond acceptors (Lipinski definition) is 5. The third kappa shape index (κ3) is 5.54. The topological polar surface area (TPSA) is 98.3 Å². The van der Waals surface area contributed by atoms with Gasteiger partial charge in [-0.05, 0) is 12.3 Å². The maximum Gasteiger partial charge on any atom is 0.324 e. The molecule has 1 atom stereocenters. The van der Waals surface area contributed by atoms with Crippen LogP contribution in [-0.4, -0.2) is 23.4 Å². The van der Waals surface area contributed by atoms with Gasteiger partial charge in [0, 0.05) is 24.0 Å². The van der Waals surface area contributed by atoms with Gasteiger partial charge in [-0.1, -0.05) is 25.2 Å². The number of halogens is 1. The Labute approximate surface area is 121 Å². The summed E-state index contributed by atoms with van der Waals surface area (Å²) < 4.78 is 0. The van der Waals surface area contributed by atoms with Crippen LogP contribution in [0.15, 0.2) is 11.4 Å². The number of carbonyl (C=O) groups excluding carboxylic acids is 1. The van der Waals surface area contributed by atoms with E-state index >= 15 is 0 Å². The molecular formula is C11H18ClN3O3S. The van der Waals surface area contributed by atoms with E-state index in [0.29, 0.717) is 18.0 Å². The molecule has 0 radical (unpaired) electrons. The van der Waals surface area contributed by atoms with Crippen molar-refractivity contribution in [2.45, 2.75) is 26.3 Å². The minimum absolute atomic E-state index is 0. The van der Waals surface area contributed by atoms with Gasteiger partial charge in [0.25, 0.3) is 5.91 Å². The Morgan fingerprint density at radius 2 is 2.21 bits per heavy atom. The molecule has 1 heterocycles. The fourth-order valence-electron chi connectivity index (χ4n) is 1.59. The Hall–Kier alpha value is -1.18.